The van der Waals surface area contributed by atoms with Crippen molar-refractivity contribution in [2.45, 2.75) is 17.9 Å². The summed E-state index contributed by atoms with van der Waals surface area (Å²) in [5.74, 6) is 0. The molecule has 0 fully saturated rings. The minimum atomic E-state index is -3.61. The SMILES string of the molecule is Cn1cc(CCNS(=O)(=O)c2ccc(CO)c(Cl)c2)cn1. The van der Waals surface area contributed by atoms with Gasteiger partial charge in [-0.05, 0) is 29.7 Å². The minimum Gasteiger partial charge on any atom is -0.392 e. The first-order valence-electron chi connectivity index (χ1n) is 6.29. The summed E-state index contributed by atoms with van der Waals surface area (Å²) in [6.45, 7) is 0.0427. The van der Waals surface area contributed by atoms with Crippen LogP contribution in [0.25, 0.3) is 0 Å². The summed E-state index contributed by atoms with van der Waals surface area (Å²) in [7, 11) is -1.81. The van der Waals surface area contributed by atoms with E-state index < -0.39 is 10.0 Å². The number of aliphatic hydroxyl groups is 1. The zero-order valence-corrected chi connectivity index (χ0v) is 13.0. The number of benzene rings is 1. The van der Waals surface area contributed by atoms with Crippen LogP contribution >= 0.6 is 11.6 Å². The van der Waals surface area contributed by atoms with Crippen molar-refractivity contribution in [1.29, 1.82) is 0 Å². The van der Waals surface area contributed by atoms with Gasteiger partial charge in [-0.1, -0.05) is 17.7 Å². The Morgan fingerprint density at radius 2 is 2.19 bits per heavy atom. The molecule has 1 aromatic heterocycles. The van der Waals surface area contributed by atoms with Gasteiger partial charge in [-0.2, -0.15) is 5.10 Å². The van der Waals surface area contributed by atoms with Gasteiger partial charge < -0.3 is 5.11 Å². The number of halogens is 1. The van der Waals surface area contributed by atoms with E-state index in [2.05, 4.69) is 9.82 Å². The molecule has 0 aliphatic heterocycles. The third-order valence-electron chi connectivity index (χ3n) is 2.97. The minimum absolute atomic E-state index is 0.0795. The summed E-state index contributed by atoms with van der Waals surface area (Å²) >= 11 is 5.91. The second-order valence-electron chi connectivity index (χ2n) is 4.58. The van der Waals surface area contributed by atoms with Crippen molar-refractivity contribution in [3.05, 3.63) is 46.7 Å². The van der Waals surface area contributed by atoms with Crippen LogP contribution in [-0.4, -0.2) is 29.8 Å². The zero-order chi connectivity index (χ0) is 15.5. The first-order chi connectivity index (χ1) is 9.92. The number of aliphatic hydroxyl groups excluding tert-OH is 1. The molecule has 0 bridgehead atoms. The fourth-order valence-corrected chi connectivity index (χ4v) is 3.20. The molecule has 0 aliphatic carbocycles. The molecule has 0 atom stereocenters. The third kappa shape index (κ3) is 4.04. The van der Waals surface area contributed by atoms with E-state index >= 15 is 0 Å². The first kappa shape index (κ1) is 16.0. The summed E-state index contributed by atoms with van der Waals surface area (Å²) < 4.78 is 28.4. The molecule has 0 radical (unpaired) electrons. The van der Waals surface area contributed by atoms with Crippen LogP contribution in [0.3, 0.4) is 0 Å². The van der Waals surface area contributed by atoms with Gasteiger partial charge in [-0.3, -0.25) is 4.68 Å². The molecule has 0 spiro atoms. The number of aryl methyl sites for hydroxylation is 1. The van der Waals surface area contributed by atoms with E-state index in [1.807, 2.05) is 6.20 Å². The van der Waals surface area contributed by atoms with Crippen molar-refractivity contribution in [3.8, 4) is 0 Å². The van der Waals surface area contributed by atoms with Crippen molar-refractivity contribution in [2.75, 3.05) is 6.54 Å². The Kier molecular flexibility index (Phi) is 5.00. The fraction of sp³-hybridized carbons (Fsp3) is 0.308. The molecule has 2 rings (SSSR count). The smallest absolute Gasteiger partial charge is 0.240 e. The average Bonchev–Trinajstić information content (AvgIpc) is 2.84. The van der Waals surface area contributed by atoms with E-state index in [-0.39, 0.29) is 23.1 Å². The van der Waals surface area contributed by atoms with E-state index in [4.69, 9.17) is 16.7 Å². The Labute approximate surface area is 128 Å². The van der Waals surface area contributed by atoms with Crippen LogP contribution in [0.2, 0.25) is 5.02 Å². The molecule has 2 N–H and O–H groups in total. The normalized spacial score (nSPS) is 11.8. The van der Waals surface area contributed by atoms with E-state index in [0.29, 0.717) is 12.0 Å². The lowest BCUT2D eigenvalue weighted by molar-refractivity contribution is 0.282. The van der Waals surface area contributed by atoms with Gasteiger partial charge in [0.2, 0.25) is 10.0 Å². The predicted molar refractivity (Wildman–Crippen MR) is 79.5 cm³/mol. The maximum atomic E-state index is 12.1. The molecule has 8 heteroatoms. The van der Waals surface area contributed by atoms with Gasteiger partial charge in [0.25, 0.3) is 0 Å². The van der Waals surface area contributed by atoms with Crippen LogP contribution in [0.15, 0.2) is 35.5 Å². The lowest BCUT2D eigenvalue weighted by Gasteiger charge is -2.08. The molecular formula is C13H16ClN3O3S. The van der Waals surface area contributed by atoms with Gasteiger partial charge in [-0.15, -0.1) is 0 Å². The number of hydrogen-bond donors (Lipinski definition) is 2. The van der Waals surface area contributed by atoms with Crippen LogP contribution in [0, 0.1) is 0 Å². The molecule has 1 aromatic carbocycles. The van der Waals surface area contributed by atoms with E-state index in [0.717, 1.165) is 5.56 Å². The lowest BCUT2D eigenvalue weighted by atomic mass is 10.2. The van der Waals surface area contributed by atoms with Crippen LogP contribution in [0.1, 0.15) is 11.1 Å². The zero-order valence-electron chi connectivity index (χ0n) is 11.5. The molecule has 0 unspecified atom stereocenters. The number of sulfonamides is 1. The Morgan fingerprint density at radius 3 is 2.76 bits per heavy atom. The topological polar surface area (TPSA) is 84.2 Å². The molecule has 0 saturated heterocycles. The molecule has 1 heterocycles. The highest BCUT2D eigenvalue weighted by Crippen LogP contribution is 2.20. The van der Waals surface area contributed by atoms with Crippen LogP contribution in [-0.2, 0) is 30.1 Å². The Bertz CT molecular complexity index is 728. The highest BCUT2D eigenvalue weighted by Gasteiger charge is 2.15. The summed E-state index contributed by atoms with van der Waals surface area (Å²) in [5, 5.41) is 13.3. The summed E-state index contributed by atoms with van der Waals surface area (Å²) in [4.78, 5) is 0.0795. The van der Waals surface area contributed by atoms with Crippen LogP contribution in [0.4, 0.5) is 0 Å². The van der Waals surface area contributed by atoms with Gasteiger partial charge in [0.1, 0.15) is 0 Å². The monoisotopic (exact) mass is 329 g/mol. The van der Waals surface area contributed by atoms with E-state index in [1.165, 1.54) is 18.2 Å². The third-order valence-corrected chi connectivity index (χ3v) is 4.78. The predicted octanol–water partition coefficient (Wildman–Crippen LogP) is 1.09. The van der Waals surface area contributed by atoms with Crippen molar-refractivity contribution in [1.82, 2.24) is 14.5 Å². The first-order valence-corrected chi connectivity index (χ1v) is 8.15. The molecular weight excluding hydrogens is 314 g/mol. The van der Waals surface area contributed by atoms with Crippen LogP contribution < -0.4 is 4.72 Å². The van der Waals surface area contributed by atoms with Gasteiger partial charge in [0, 0.05) is 24.8 Å². The maximum absolute atomic E-state index is 12.1. The van der Waals surface area contributed by atoms with Crippen molar-refractivity contribution >= 4 is 21.6 Å². The van der Waals surface area contributed by atoms with Crippen molar-refractivity contribution in [3.63, 3.8) is 0 Å². The van der Waals surface area contributed by atoms with Crippen molar-refractivity contribution in [2.24, 2.45) is 7.05 Å². The largest absolute Gasteiger partial charge is 0.392 e. The average molecular weight is 330 g/mol. The van der Waals surface area contributed by atoms with Crippen LogP contribution in [0.5, 0.6) is 0 Å². The van der Waals surface area contributed by atoms with Gasteiger partial charge >= 0.3 is 0 Å². The number of nitrogens with one attached hydrogen (secondary N) is 1. The Balaban J connectivity index is 2.02. The summed E-state index contributed by atoms with van der Waals surface area (Å²) in [5.41, 5.74) is 1.44. The number of hydrogen-bond acceptors (Lipinski definition) is 4. The number of rotatable bonds is 6. The fourth-order valence-electron chi connectivity index (χ4n) is 1.84. The molecule has 2 aromatic rings. The quantitative estimate of drug-likeness (QED) is 0.830. The molecule has 0 amide bonds. The van der Waals surface area contributed by atoms with Gasteiger partial charge in [-0.25, -0.2) is 13.1 Å². The summed E-state index contributed by atoms with van der Waals surface area (Å²) in [6, 6.07) is 4.25. The van der Waals surface area contributed by atoms with Gasteiger partial charge in [0.15, 0.2) is 0 Å². The molecule has 0 aliphatic rings. The Hall–Kier alpha value is -1.41. The highest BCUT2D eigenvalue weighted by molar-refractivity contribution is 7.89. The van der Waals surface area contributed by atoms with E-state index in [1.54, 1.807) is 17.9 Å². The second-order valence-corrected chi connectivity index (χ2v) is 6.76. The van der Waals surface area contributed by atoms with E-state index in [9.17, 15) is 8.42 Å². The number of nitrogens with zero attached hydrogens (tertiary/aromatic N) is 2. The molecule has 6 nitrogen and oxygen atoms in total. The molecule has 21 heavy (non-hydrogen) atoms. The number of aromatic nitrogens is 2. The second kappa shape index (κ2) is 6.57. The standard InChI is InChI=1S/C13H16ClN3O3S/c1-17-8-10(7-15-17)4-5-16-21(19,20)12-3-2-11(9-18)13(14)6-12/h2-3,6-8,16,18H,4-5,9H2,1H3. The molecule has 0 saturated carbocycles. The summed E-state index contributed by atoms with van der Waals surface area (Å²) in [6.07, 6.45) is 4.08. The lowest BCUT2D eigenvalue weighted by Crippen LogP contribution is -2.26. The van der Waals surface area contributed by atoms with Crippen molar-refractivity contribution < 1.29 is 13.5 Å². The highest BCUT2D eigenvalue weighted by atomic mass is 35.5. The van der Waals surface area contributed by atoms with Gasteiger partial charge in [0.05, 0.1) is 17.7 Å². The maximum Gasteiger partial charge on any atom is 0.240 e. The molecule has 114 valence electrons. The Morgan fingerprint density at radius 1 is 1.43 bits per heavy atom.